The molecule has 2 aromatic heterocycles. The predicted octanol–water partition coefficient (Wildman–Crippen LogP) is 1.76. The van der Waals surface area contributed by atoms with Gasteiger partial charge in [0.1, 0.15) is 27.6 Å². The highest BCUT2D eigenvalue weighted by Gasteiger charge is 2.28. The minimum Gasteiger partial charge on any atom is -0.355 e. The first-order valence-electron chi connectivity index (χ1n) is 11.7. The number of likely N-dealkylation sites (N-methyl/N-ethyl adjacent to an activating group) is 1. The summed E-state index contributed by atoms with van der Waals surface area (Å²) in [7, 11) is 1.75. The molecule has 40 heavy (non-hydrogen) atoms. The van der Waals surface area contributed by atoms with Crippen LogP contribution in [0.3, 0.4) is 0 Å². The smallest absolute Gasteiger partial charge is 0.355 e. The van der Waals surface area contributed by atoms with E-state index < -0.39 is 29.8 Å². The Balaban J connectivity index is 1.79. The molecule has 3 N–H and O–H groups in total. The maximum absolute atomic E-state index is 12.8. The van der Waals surface area contributed by atoms with Crippen molar-refractivity contribution < 1.29 is 22.8 Å². The molecule has 0 aliphatic carbocycles. The van der Waals surface area contributed by atoms with Crippen LogP contribution >= 0.6 is 11.3 Å². The lowest BCUT2D eigenvalue weighted by Gasteiger charge is -2.17. The number of rotatable bonds is 9. The van der Waals surface area contributed by atoms with Crippen LogP contribution in [-0.2, 0) is 16.1 Å². The van der Waals surface area contributed by atoms with Gasteiger partial charge in [-0.3, -0.25) is 19.0 Å². The summed E-state index contributed by atoms with van der Waals surface area (Å²) in [6.45, 7) is 0.138. The molecule has 2 heterocycles. The van der Waals surface area contributed by atoms with E-state index in [0.717, 1.165) is 15.9 Å². The van der Waals surface area contributed by atoms with Gasteiger partial charge in [0.05, 0.1) is 6.54 Å². The molecule has 0 atom stereocenters. The number of hydrogen-bond acceptors (Lipinski definition) is 8. The summed E-state index contributed by atoms with van der Waals surface area (Å²) in [5.41, 5.74) is 2.66. The molecule has 0 unspecified atom stereocenters. The van der Waals surface area contributed by atoms with Gasteiger partial charge in [-0.1, -0.05) is 17.9 Å². The minimum absolute atomic E-state index is 0.0303. The van der Waals surface area contributed by atoms with Crippen molar-refractivity contribution in [1.82, 2.24) is 14.9 Å². The highest BCUT2D eigenvalue weighted by atomic mass is 32.1. The molecule has 10 nitrogen and oxygen atoms in total. The number of benzene rings is 1. The Hall–Kier alpha value is -4.86. The largest absolute Gasteiger partial charge is 0.405 e. The van der Waals surface area contributed by atoms with Gasteiger partial charge in [0.2, 0.25) is 5.91 Å². The van der Waals surface area contributed by atoms with Gasteiger partial charge in [0, 0.05) is 37.4 Å². The zero-order valence-corrected chi connectivity index (χ0v) is 22.2. The first-order valence-corrected chi connectivity index (χ1v) is 12.6. The molecule has 0 bridgehead atoms. The van der Waals surface area contributed by atoms with Gasteiger partial charge in [0.15, 0.2) is 5.57 Å². The zero-order chi connectivity index (χ0) is 29.3. The average molecular weight is 572 g/mol. The van der Waals surface area contributed by atoms with Crippen molar-refractivity contribution in [3.05, 3.63) is 74.4 Å². The van der Waals surface area contributed by atoms with Gasteiger partial charge in [0.25, 0.3) is 11.5 Å². The Morgan fingerprint density at radius 2 is 1.95 bits per heavy atom. The molecule has 3 rings (SSSR count). The lowest BCUT2D eigenvalue weighted by molar-refractivity contribution is -0.135. The fourth-order valence-corrected chi connectivity index (χ4v) is 4.46. The normalized spacial score (nSPS) is 11.5. The van der Waals surface area contributed by atoms with E-state index in [-0.39, 0.29) is 28.2 Å². The van der Waals surface area contributed by atoms with Crippen LogP contribution in [0.1, 0.15) is 6.92 Å². The molecule has 0 aliphatic heterocycles. The molecule has 0 saturated heterocycles. The number of pyridine rings is 1. The van der Waals surface area contributed by atoms with Crippen molar-refractivity contribution in [2.75, 3.05) is 35.7 Å². The van der Waals surface area contributed by atoms with Crippen LogP contribution < -0.4 is 35.6 Å². The quantitative estimate of drug-likeness (QED) is 0.357. The fraction of sp³-hybridized carbons (Fsp3) is 0.231. The molecular weight excluding hydrogens is 547 g/mol. The van der Waals surface area contributed by atoms with E-state index in [4.69, 9.17) is 0 Å². The van der Waals surface area contributed by atoms with Crippen LogP contribution in [0.4, 0.5) is 30.4 Å². The standard InChI is InChI=1S/C26H24F3N7O3S/c1-3-36-24(39)20(40-25(36)19(14-30)23(38)33-16-26(27,28)29)10-12-31-17-7-6-8-18(13-17)34-22(37)15-35(2)21-9-4-5-11-32-21/h4-9,11-13,31H,3,15-16H2,1-2H3,(H,33,38)(H,34,37)/b25-19-. The summed E-state index contributed by atoms with van der Waals surface area (Å²) >= 11 is 0.755. The number of hydrogen-bond donors (Lipinski definition) is 3. The number of carbonyl (C=O) groups excluding carboxylic acids is 2. The number of carbonyl (C=O) groups is 2. The third-order valence-electron chi connectivity index (χ3n) is 5.21. The monoisotopic (exact) mass is 571 g/mol. The van der Waals surface area contributed by atoms with Crippen LogP contribution in [0.15, 0.2) is 59.7 Å². The average Bonchev–Trinajstić information content (AvgIpc) is 3.22. The lowest BCUT2D eigenvalue weighted by atomic mass is 10.2. The molecule has 0 aliphatic rings. The minimum atomic E-state index is -4.65. The molecule has 1 aromatic carbocycles. The number of nitriles is 1. The van der Waals surface area contributed by atoms with Crippen molar-refractivity contribution >= 4 is 51.6 Å². The topological polar surface area (TPSA) is 132 Å². The maximum Gasteiger partial charge on any atom is 0.405 e. The van der Waals surface area contributed by atoms with Crippen molar-refractivity contribution in [2.45, 2.75) is 19.6 Å². The Morgan fingerprint density at radius 1 is 1.20 bits per heavy atom. The summed E-state index contributed by atoms with van der Waals surface area (Å²) in [4.78, 5) is 43.3. The SMILES string of the molecule is CCn1c(=O)c(=C=CNc2cccc(NC(=O)CN(C)c3ccccn3)c2)s/c1=C(/C#N)C(=O)NCC(F)(F)F. The van der Waals surface area contributed by atoms with Crippen molar-refractivity contribution in [2.24, 2.45) is 0 Å². The summed E-state index contributed by atoms with van der Waals surface area (Å²) < 4.78 is 38.5. The molecule has 14 heteroatoms. The Bertz CT molecular complexity index is 1640. The molecule has 0 spiro atoms. The number of nitrogens with zero attached hydrogens (tertiary/aromatic N) is 4. The summed E-state index contributed by atoms with van der Waals surface area (Å²) in [6, 6.07) is 13.8. The molecule has 208 valence electrons. The van der Waals surface area contributed by atoms with E-state index in [1.54, 1.807) is 72.9 Å². The van der Waals surface area contributed by atoms with Crippen molar-refractivity contribution in [3.8, 4) is 6.07 Å². The van der Waals surface area contributed by atoms with Crippen LogP contribution in [0.2, 0.25) is 0 Å². The number of thiazole rings is 1. The summed E-state index contributed by atoms with van der Waals surface area (Å²) in [6.07, 6.45) is -1.68. The van der Waals surface area contributed by atoms with E-state index in [1.165, 1.54) is 6.20 Å². The number of alkyl halides is 3. The van der Waals surface area contributed by atoms with E-state index in [2.05, 4.69) is 21.3 Å². The highest BCUT2D eigenvalue weighted by Crippen LogP contribution is 2.15. The Morgan fingerprint density at radius 3 is 2.60 bits per heavy atom. The Kier molecular flexibility index (Phi) is 9.86. The number of nitrogens with one attached hydrogen (secondary N) is 3. The first-order chi connectivity index (χ1) is 19.0. The fourth-order valence-electron chi connectivity index (χ4n) is 3.39. The van der Waals surface area contributed by atoms with Gasteiger partial charge < -0.3 is 20.9 Å². The third-order valence-corrected chi connectivity index (χ3v) is 6.33. The van der Waals surface area contributed by atoms with Crippen LogP contribution in [0, 0.1) is 11.3 Å². The summed E-state index contributed by atoms with van der Waals surface area (Å²) in [5, 5.41) is 16.8. The predicted molar refractivity (Wildman–Crippen MR) is 146 cm³/mol. The molecule has 0 fully saturated rings. The lowest BCUT2D eigenvalue weighted by Crippen LogP contribution is -2.37. The second kappa shape index (κ2) is 13.3. The Labute approximate surface area is 230 Å². The van der Waals surface area contributed by atoms with Crippen LogP contribution in [0.5, 0.6) is 0 Å². The van der Waals surface area contributed by atoms with Gasteiger partial charge in [-0.25, -0.2) is 4.98 Å². The number of halogens is 3. The summed E-state index contributed by atoms with van der Waals surface area (Å²) in [5.74, 6) is -0.849. The van der Waals surface area contributed by atoms with E-state index >= 15 is 0 Å². The third kappa shape index (κ3) is 8.07. The van der Waals surface area contributed by atoms with Crippen molar-refractivity contribution in [1.29, 1.82) is 5.26 Å². The zero-order valence-electron chi connectivity index (χ0n) is 21.4. The number of aromatic nitrogens is 2. The molecule has 3 aromatic rings. The first kappa shape index (κ1) is 29.7. The molecular formula is C26H24F3N7O3S. The molecule has 2 amide bonds. The van der Waals surface area contributed by atoms with Crippen LogP contribution in [0.25, 0.3) is 11.3 Å². The maximum atomic E-state index is 12.8. The number of anilines is 3. The van der Waals surface area contributed by atoms with E-state index in [9.17, 15) is 32.8 Å². The molecule has 0 saturated carbocycles. The van der Waals surface area contributed by atoms with E-state index in [1.807, 2.05) is 6.07 Å². The second-order valence-electron chi connectivity index (χ2n) is 8.18. The van der Waals surface area contributed by atoms with Gasteiger partial charge in [-0.15, -0.1) is 11.3 Å². The highest BCUT2D eigenvalue weighted by molar-refractivity contribution is 7.07. The van der Waals surface area contributed by atoms with Gasteiger partial charge in [-0.2, -0.15) is 18.4 Å². The van der Waals surface area contributed by atoms with Crippen LogP contribution in [-0.4, -0.2) is 47.7 Å². The van der Waals surface area contributed by atoms with Gasteiger partial charge >= 0.3 is 6.18 Å². The second-order valence-corrected chi connectivity index (χ2v) is 9.18. The number of amides is 2. The van der Waals surface area contributed by atoms with Crippen molar-refractivity contribution in [3.63, 3.8) is 0 Å². The molecule has 0 radical (unpaired) electrons. The van der Waals surface area contributed by atoms with Gasteiger partial charge in [-0.05, 0) is 37.3 Å². The van der Waals surface area contributed by atoms with E-state index in [0.29, 0.717) is 17.2 Å².